The van der Waals surface area contributed by atoms with E-state index >= 15 is 0 Å². The zero-order valence-corrected chi connectivity index (χ0v) is 19.1. The van der Waals surface area contributed by atoms with Gasteiger partial charge in [-0.3, -0.25) is 9.36 Å². The summed E-state index contributed by atoms with van der Waals surface area (Å²) in [4.78, 5) is 20.3. The molecule has 0 spiro atoms. The van der Waals surface area contributed by atoms with Gasteiger partial charge in [-0.05, 0) is 23.8 Å². The third kappa shape index (κ3) is 3.82. The number of benzene rings is 2. The molecule has 0 amide bonds. The highest BCUT2D eigenvalue weighted by molar-refractivity contribution is 9.10. The summed E-state index contributed by atoms with van der Waals surface area (Å²) in [5, 5.41) is 0. The van der Waals surface area contributed by atoms with Crippen LogP contribution in [-0.4, -0.2) is 32.6 Å². The fraction of sp³-hybridized carbons (Fsp3) is 0.238. The second-order valence-corrected chi connectivity index (χ2v) is 8.47. The Labute approximate surface area is 185 Å². The van der Waals surface area contributed by atoms with Crippen LogP contribution in [0.15, 0.2) is 50.7 Å². The van der Waals surface area contributed by atoms with Gasteiger partial charge in [0.2, 0.25) is 5.75 Å². The number of hydrogen-bond acceptors (Lipinski definition) is 7. The quantitative estimate of drug-likeness (QED) is 0.550. The molecule has 0 aliphatic carbocycles. The smallest absolute Gasteiger partial charge is 0.271 e. The van der Waals surface area contributed by atoms with E-state index in [0.29, 0.717) is 39.9 Å². The van der Waals surface area contributed by atoms with Crippen LogP contribution in [0.5, 0.6) is 17.2 Å². The first-order chi connectivity index (χ1) is 14.5. The lowest BCUT2D eigenvalue weighted by atomic mass is 10.2. The molecule has 0 N–H and O–H groups in total. The van der Waals surface area contributed by atoms with Crippen molar-refractivity contribution in [2.45, 2.75) is 6.67 Å². The Hall–Kier alpha value is -2.78. The van der Waals surface area contributed by atoms with E-state index in [1.54, 1.807) is 25.9 Å². The van der Waals surface area contributed by atoms with Crippen molar-refractivity contribution < 1.29 is 14.2 Å². The average Bonchev–Trinajstić information content (AvgIpc) is 3.07. The van der Waals surface area contributed by atoms with Crippen molar-refractivity contribution >= 4 is 39.0 Å². The number of hydrogen-bond donors (Lipinski definition) is 0. The van der Waals surface area contributed by atoms with Crippen LogP contribution in [0, 0.1) is 0 Å². The molecule has 1 aliphatic heterocycles. The largest absolute Gasteiger partial charge is 0.493 e. The zero-order valence-electron chi connectivity index (χ0n) is 16.7. The first kappa shape index (κ1) is 20.5. The number of thiazole rings is 1. The Balaban J connectivity index is 1.71. The van der Waals surface area contributed by atoms with Crippen molar-refractivity contribution in [3.8, 4) is 17.2 Å². The number of fused-ring (bicyclic) bond motifs is 1. The molecule has 0 bridgehead atoms. The molecule has 156 valence electrons. The fourth-order valence-corrected chi connectivity index (χ4v) is 4.65. The van der Waals surface area contributed by atoms with Gasteiger partial charge in [-0.15, -0.1) is 0 Å². The number of rotatable bonds is 5. The number of halogens is 1. The molecule has 0 fully saturated rings. The molecule has 2 heterocycles. The van der Waals surface area contributed by atoms with Crippen LogP contribution < -0.4 is 34.0 Å². The van der Waals surface area contributed by atoms with Crippen molar-refractivity contribution in [3.05, 3.63) is 66.1 Å². The Bertz CT molecular complexity index is 1240. The minimum atomic E-state index is -0.0594. The molecule has 3 aromatic rings. The predicted molar refractivity (Wildman–Crippen MR) is 121 cm³/mol. The highest BCUT2D eigenvalue weighted by atomic mass is 79.9. The topological polar surface area (TPSA) is 65.3 Å². The summed E-state index contributed by atoms with van der Waals surface area (Å²) in [5.74, 6) is 1.63. The normalized spacial score (nSPS) is 13.6. The lowest BCUT2D eigenvalue weighted by molar-refractivity contribution is 0.324. The van der Waals surface area contributed by atoms with Crippen LogP contribution in [0.3, 0.4) is 0 Å². The molecule has 0 saturated heterocycles. The number of nitrogens with zero attached hydrogens (tertiary/aromatic N) is 3. The van der Waals surface area contributed by atoms with E-state index in [1.807, 2.05) is 47.4 Å². The first-order valence-electron chi connectivity index (χ1n) is 9.10. The number of methoxy groups -OCH3 is 3. The lowest BCUT2D eigenvalue weighted by Gasteiger charge is -2.27. The first-order valence-corrected chi connectivity index (χ1v) is 10.7. The van der Waals surface area contributed by atoms with Gasteiger partial charge in [-0.2, -0.15) is 0 Å². The predicted octanol–water partition coefficient (Wildman–Crippen LogP) is 2.58. The van der Waals surface area contributed by atoms with E-state index in [9.17, 15) is 4.79 Å². The molecule has 7 nitrogen and oxygen atoms in total. The Morgan fingerprint density at radius 2 is 1.83 bits per heavy atom. The van der Waals surface area contributed by atoms with E-state index in [-0.39, 0.29) is 5.56 Å². The highest BCUT2D eigenvalue weighted by Gasteiger charge is 2.20. The molecule has 0 saturated carbocycles. The molecule has 1 aromatic heterocycles. The van der Waals surface area contributed by atoms with Gasteiger partial charge < -0.3 is 19.1 Å². The van der Waals surface area contributed by atoms with Gasteiger partial charge in [0.15, 0.2) is 16.3 Å². The van der Waals surface area contributed by atoms with Crippen molar-refractivity contribution in [2.75, 3.05) is 32.9 Å². The molecule has 0 unspecified atom stereocenters. The average molecular weight is 490 g/mol. The molecule has 9 heteroatoms. The number of aromatic nitrogens is 1. The summed E-state index contributed by atoms with van der Waals surface area (Å²) >= 11 is 4.86. The van der Waals surface area contributed by atoms with Gasteiger partial charge in [0.1, 0.15) is 13.3 Å². The van der Waals surface area contributed by atoms with E-state index in [4.69, 9.17) is 14.2 Å². The molecule has 4 rings (SSSR count). The highest BCUT2D eigenvalue weighted by Crippen LogP contribution is 2.41. The summed E-state index contributed by atoms with van der Waals surface area (Å²) in [6.45, 7) is 0.814. The maximum atomic E-state index is 13.0. The Kier molecular flexibility index (Phi) is 5.83. The van der Waals surface area contributed by atoms with Crippen LogP contribution >= 0.6 is 27.3 Å². The summed E-state index contributed by atoms with van der Waals surface area (Å²) < 4.78 is 19.6. The van der Waals surface area contributed by atoms with E-state index in [0.717, 1.165) is 15.7 Å². The van der Waals surface area contributed by atoms with Crippen LogP contribution in [0.2, 0.25) is 0 Å². The van der Waals surface area contributed by atoms with Crippen molar-refractivity contribution in [2.24, 2.45) is 4.99 Å². The van der Waals surface area contributed by atoms with Gasteiger partial charge in [-0.25, -0.2) is 4.99 Å². The van der Waals surface area contributed by atoms with E-state index < -0.39 is 0 Å². The molecule has 2 aromatic carbocycles. The second-order valence-electron chi connectivity index (χ2n) is 6.55. The van der Waals surface area contributed by atoms with Gasteiger partial charge in [-0.1, -0.05) is 39.4 Å². The van der Waals surface area contributed by atoms with Crippen LogP contribution in [0.25, 0.3) is 6.08 Å². The van der Waals surface area contributed by atoms with Crippen LogP contribution in [-0.2, 0) is 6.67 Å². The maximum Gasteiger partial charge on any atom is 0.271 e. The number of ether oxygens (including phenoxy) is 3. The van der Waals surface area contributed by atoms with E-state index in [2.05, 4.69) is 20.9 Å². The monoisotopic (exact) mass is 489 g/mol. The second kappa shape index (κ2) is 8.53. The summed E-state index contributed by atoms with van der Waals surface area (Å²) in [6.07, 6.45) is 1.89. The molecule has 30 heavy (non-hydrogen) atoms. The summed E-state index contributed by atoms with van der Waals surface area (Å²) in [5.41, 5.74) is 1.73. The van der Waals surface area contributed by atoms with E-state index in [1.165, 1.54) is 11.3 Å². The van der Waals surface area contributed by atoms with Gasteiger partial charge in [0, 0.05) is 22.3 Å². The zero-order chi connectivity index (χ0) is 21.3. The van der Waals surface area contributed by atoms with Gasteiger partial charge >= 0.3 is 0 Å². The van der Waals surface area contributed by atoms with Gasteiger partial charge in [0.25, 0.3) is 5.56 Å². The minimum absolute atomic E-state index is 0.0594. The third-order valence-corrected chi connectivity index (χ3v) is 6.28. The standard InChI is InChI=1S/C21H20BrN3O4S/c1-27-16-9-15(10-17(28-2)19(16)29-3)24-11-23-21-25(12-24)20(26)18(30-21)8-13-5-4-6-14(22)7-13/h4-10H,11-12H2,1-3H3/b18-8-. The molecule has 1 aliphatic rings. The molecule has 0 atom stereocenters. The van der Waals surface area contributed by atoms with Crippen molar-refractivity contribution in [1.82, 2.24) is 4.57 Å². The molecule has 0 radical (unpaired) electrons. The van der Waals surface area contributed by atoms with Crippen LogP contribution in [0.1, 0.15) is 5.56 Å². The van der Waals surface area contributed by atoms with Crippen molar-refractivity contribution in [3.63, 3.8) is 0 Å². The maximum absolute atomic E-state index is 13.0. The lowest BCUT2D eigenvalue weighted by Crippen LogP contribution is -2.42. The molecular weight excluding hydrogens is 470 g/mol. The SMILES string of the molecule is COc1cc(N2CN=c3s/c(=C\c4cccc(Br)c4)c(=O)n3C2)cc(OC)c1OC. The fourth-order valence-electron chi connectivity index (χ4n) is 3.27. The van der Waals surface area contributed by atoms with Gasteiger partial charge in [0.05, 0.1) is 25.9 Å². The minimum Gasteiger partial charge on any atom is -0.493 e. The van der Waals surface area contributed by atoms with Crippen molar-refractivity contribution in [1.29, 1.82) is 0 Å². The molecular formula is C21H20BrN3O4S. The summed E-state index contributed by atoms with van der Waals surface area (Å²) in [6, 6.07) is 11.5. The Morgan fingerprint density at radius 1 is 1.10 bits per heavy atom. The Morgan fingerprint density at radius 3 is 2.47 bits per heavy atom. The third-order valence-electron chi connectivity index (χ3n) is 4.74. The van der Waals surface area contributed by atoms with Crippen LogP contribution in [0.4, 0.5) is 5.69 Å². The summed E-state index contributed by atoms with van der Waals surface area (Å²) in [7, 11) is 4.72. The number of anilines is 1.